The Morgan fingerprint density at radius 2 is 2.06 bits per heavy atom. The summed E-state index contributed by atoms with van der Waals surface area (Å²) in [6.45, 7) is 4.20. The summed E-state index contributed by atoms with van der Waals surface area (Å²) in [6.07, 6.45) is 6.04. The van der Waals surface area contributed by atoms with Crippen LogP contribution < -0.4 is 4.90 Å². The molecule has 1 N–H and O–H groups in total. The van der Waals surface area contributed by atoms with E-state index in [1.807, 2.05) is 19.1 Å². The number of hydrogen-bond acceptors (Lipinski definition) is 3. The third-order valence-corrected chi connectivity index (χ3v) is 3.22. The molecular weight excluding hydrogens is 200 g/mol. The van der Waals surface area contributed by atoms with Crippen molar-refractivity contribution in [3.8, 4) is 0 Å². The largest absolute Gasteiger partial charge is 0.388 e. The molecule has 0 amide bonds. The maximum Gasteiger partial charge on any atom is 0.128 e. The summed E-state index contributed by atoms with van der Waals surface area (Å²) in [6, 6.07) is 4.02. The van der Waals surface area contributed by atoms with Crippen molar-refractivity contribution in [1.29, 1.82) is 0 Å². The molecule has 1 saturated heterocycles. The predicted molar refractivity (Wildman–Crippen MR) is 65.6 cm³/mol. The van der Waals surface area contributed by atoms with Crippen LogP contribution in [0.5, 0.6) is 0 Å². The highest BCUT2D eigenvalue weighted by molar-refractivity contribution is 5.39. The number of aromatic nitrogens is 1. The van der Waals surface area contributed by atoms with Crippen molar-refractivity contribution < 1.29 is 5.11 Å². The first-order chi connectivity index (χ1) is 7.81. The van der Waals surface area contributed by atoms with Gasteiger partial charge >= 0.3 is 0 Å². The number of aliphatic hydroxyl groups excluding tert-OH is 1. The molecule has 0 bridgehead atoms. The molecule has 0 spiro atoms. The second-order valence-corrected chi connectivity index (χ2v) is 4.42. The molecule has 16 heavy (non-hydrogen) atoms. The van der Waals surface area contributed by atoms with Crippen molar-refractivity contribution in [1.82, 2.24) is 4.98 Å². The van der Waals surface area contributed by atoms with E-state index in [2.05, 4.69) is 9.88 Å². The Balaban J connectivity index is 2.06. The summed E-state index contributed by atoms with van der Waals surface area (Å²) in [5.74, 6) is 1.05. The second kappa shape index (κ2) is 5.30. The molecule has 1 aromatic rings. The zero-order valence-corrected chi connectivity index (χ0v) is 9.89. The molecule has 1 fully saturated rings. The Morgan fingerprint density at radius 1 is 1.31 bits per heavy atom. The van der Waals surface area contributed by atoms with E-state index in [1.54, 1.807) is 6.20 Å². The molecule has 1 aliphatic heterocycles. The van der Waals surface area contributed by atoms with Gasteiger partial charge in [-0.25, -0.2) is 4.98 Å². The molecule has 0 radical (unpaired) electrons. The van der Waals surface area contributed by atoms with E-state index in [9.17, 15) is 5.11 Å². The molecule has 1 aromatic heterocycles. The van der Waals surface area contributed by atoms with Crippen LogP contribution >= 0.6 is 0 Å². The van der Waals surface area contributed by atoms with Gasteiger partial charge in [0.05, 0.1) is 6.10 Å². The second-order valence-electron chi connectivity index (χ2n) is 4.42. The van der Waals surface area contributed by atoms with Crippen LogP contribution in [0.3, 0.4) is 0 Å². The van der Waals surface area contributed by atoms with Crippen molar-refractivity contribution >= 4 is 5.82 Å². The van der Waals surface area contributed by atoms with Gasteiger partial charge < -0.3 is 10.0 Å². The molecule has 1 aliphatic rings. The molecule has 2 heterocycles. The molecule has 88 valence electrons. The zero-order valence-electron chi connectivity index (χ0n) is 9.89. The first-order valence-corrected chi connectivity index (χ1v) is 6.20. The number of piperidine rings is 1. The van der Waals surface area contributed by atoms with Crippen molar-refractivity contribution in [3.63, 3.8) is 0 Å². The predicted octanol–water partition coefficient (Wildman–Crippen LogP) is 2.52. The first kappa shape index (κ1) is 11.4. The Morgan fingerprint density at radius 3 is 2.62 bits per heavy atom. The highest BCUT2D eigenvalue weighted by Gasteiger charge is 2.12. The van der Waals surface area contributed by atoms with Gasteiger partial charge in [0, 0.05) is 19.3 Å². The van der Waals surface area contributed by atoms with Gasteiger partial charge in [-0.3, -0.25) is 0 Å². The fourth-order valence-corrected chi connectivity index (χ4v) is 2.14. The topological polar surface area (TPSA) is 36.4 Å². The lowest BCUT2D eigenvalue weighted by Gasteiger charge is -2.27. The van der Waals surface area contributed by atoms with Crippen LogP contribution in [-0.4, -0.2) is 23.2 Å². The van der Waals surface area contributed by atoms with Crippen LogP contribution in [0.2, 0.25) is 0 Å². The van der Waals surface area contributed by atoms with Gasteiger partial charge in [0.25, 0.3) is 0 Å². The Kier molecular flexibility index (Phi) is 3.78. The summed E-state index contributed by atoms with van der Waals surface area (Å²) in [7, 11) is 0. The van der Waals surface area contributed by atoms with E-state index >= 15 is 0 Å². The summed E-state index contributed by atoms with van der Waals surface area (Å²) < 4.78 is 0. The van der Waals surface area contributed by atoms with Gasteiger partial charge in [0.2, 0.25) is 0 Å². The lowest BCUT2D eigenvalue weighted by Crippen LogP contribution is -2.30. The Labute approximate surface area is 97.1 Å². The minimum atomic E-state index is -0.372. The fraction of sp³-hybridized carbons (Fsp3) is 0.615. The SMILES string of the molecule is CC[C@H](O)c1ccc(N2CCCCC2)nc1. The Bertz CT molecular complexity index is 317. The smallest absolute Gasteiger partial charge is 0.128 e. The number of aliphatic hydroxyl groups is 1. The summed E-state index contributed by atoms with van der Waals surface area (Å²) in [5.41, 5.74) is 0.920. The molecule has 0 aromatic carbocycles. The normalized spacial score (nSPS) is 18.5. The standard InChI is InChI=1S/C13H20N2O/c1-2-12(16)11-6-7-13(14-10-11)15-8-4-3-5-9-15/h6-7,10,12,16H,2-5,8-9H2,1H3/t12-/m0/s1. The van der Waals surface area contributed by atoms with Crippen LogP contribution in [0.15, 0.2) is 18.3 Å². The van der Waals surface area contributed by atoms with Gasteiger partial charge in [-0.1, -0.05) is 13.0 Å². The maximum absolute atomic E-state index is 9.68. The zero-order chi connectivity index (χ0) is 11.4. The summed E-state index contributed by atoms with van der Waals surface area (Å²) in [4.78, 5) is 6.76. The number of pyridine rings is 1. The van der Waals surface area contributed by atoms with Gasteiger partial charge in [0.15, 0.2) is 0 Å². The monoisotopic (exact) mass is 220 g/mol. The van der Waals surface area contributed by atoms with Crippen molar-refractivity contribution in [3.05, 3.63) is 23.9 Å². The first-order valence-electron chi connectivity index (χ1n) is 6.20. The maximum atomic E-state index is 9.68. The van der Waals surface area contributed by atoms with Crippen molar-refractivity contribution in [2.75, 3.05) is 18.0 Å². The minimum Gasteiger partial charge on any atom is -0.388 e. The highest BCUT2D eigenvalue weighted by Crippen LogP contribution is 2.20. The van der Waals surface area contributed by atoms with Crippen LogP contribution in [-0.2, 0) is 0 Å². The van der Waals surface area contributed by atoms with Crippen molar-refractivity contribution in [2.24, 2.45) is 0 Å². The van der Waals surface area contributed by atoms with Gasteiger partial charge in [-0.05, 0) is 37.3 Å². The summed E-state index contributed by atoms with van der Waals surface area (Å²) in [5, 5.41) is 9.68. The van der Waals surface area contributed by atoms with E-state index in [4.69, 9.17) is 0 Å². The molecule has 3 nitrogen and oxygen atoms in total. The number of nitrogens with zero attached hydrogens (tertiary/aromatic N) is 2. The van der Waals surface area contributed by atoms with Gasteiger partial charge in [0.1, 0.15) is 5.82 Å². The minimum absolute atomic E-state index is 0.372. The highest BCUT2D eigenvalue weighted by atomic mass is 16.3. The average Bonchev–Trinajstić information content (AvgIpc) is 2.39. The summed E-state index contributed by atoms with van der Waals surface area (Å²) >= 11 is 0. The van der Waals surface area contributed by atoms with Crippen LogP contribution in [0, 0.1) is 0 Å². The van der Waals surface area contributed by atoms with Gasteiger partial charge in [-0.2, -0.15) is 0 Å². The molecule has 2 rings (SSSR count). The number of hydrogen-bond donors (Lipinski definition) is 1. The average molecular weight is 220 g/mol. The van der Waals surface area contributed by atoms with E-state index < -0.39 is 0 Å². The fourth-order valence-electron chi connectivity index (χ4n) is 2.14. The third kappa shape index (κ3) is 2.53. The van der Waals surface area contributed by atoms with Crippen LogP contribution in [0.25, 0.3) is 0 Å². The molecule has 1 atom stereocenters. The number of anilines is 1. The molecule has 0 unspecified atom stereocenters. The Hall–Kier alpha value is -1.09. The van der Waals surface area contributed by atoms with E-state index in [-0.39, 0.29) is 6.10 Å². The lowest BCUT2D eigenvalue weighted by molar-refractivity contribution is 0.173. The van der Waals surface area contributed by atoms with Crippen LogP contribution in [0.4, 0.5) is 5.82 Å². The molecule has 0 aliphatic carbocycles. The molecular formula is C13H20N2O. The molecule has 3 heteroatoms. The quantitative estimate of drug-likeness (QED) is 0.850. The van der Waals surface area contributed by atoms with E-state index in [0.29, 0.717) is 0 Å². The van der Waals surface area contributed by atoms with Crippen LogP contribution in [0.1, 0.15) is 44.3 Å². The lowest BCUT2D eigenvalue weighted by atomic mass is 10.1. The van der Waals surface area contributed by atoms with E-state index in [1.165, 1.54) is 19.3 Å². The molecule has 0 saturated carbocycles. The van der Waals surface area contributed by atoms with Crippen molar-refractivity contribution in [2.45, 2.75) is 38.7 Å². The number of rotatable bonds is 3. The van der Waals surface area contributed by atoms with E-state index in [0.717, 1.165) is 30.9 Å². The van der Waals surface area contributed by atoms with Gasteiger partial charge in [-0.15, -0.1) is 0 Å². The third-order valence-electron chi connectivity index (χ3n) is 3.22.